The topological polar surface area (TPSA) is 73.0 Å². The number of nitrogens with zero attached hydrogens (tertiary/aromatic N) is 3. The molecule has 0 spiro atoms. The highest BCUT2D eigenvalue weighted by molar-refractivity contribution is 7.12. The van der Waals surface area contributed by atoms with Crippen LogP contribution in [0.5, 0.6) is 0 Å². The molecule has 2 aromatic rings. The van der Waals surface area contributed by atoms with Gasteiger partial charge in [0.05, 0.1) is 10.8 Å². The molecule has 1 aromatic heterocycles. The lowest BCUT2D eigenvalue weighted by Gasteiger charge is -2.35. The van der Waals surface area contributed by atoms with Crippen molar-refractivity contribution in [3.63, 3.8) is 0 Å². The third-order valence-electron chi connectivity index (χ3n) is 5.96. The predicted octanol–water partition coefficient (Wildman–Crippen LogP) is 1.98. The Hall–Kier alpha value is -2.71. The molecule has 0 radical (unpaired) electrons. The van der Waals surface area contributed by atoms with Crippen molar-refractivity contribution >= 4 is 34.7 Å². The second-order valence-electron chi connectivity index (χ2n) is 8.14. The molecule has 0 bridgehead atoms. The number of carbonyl (C=O) groups excluding carboxylic acids is 3. The summed E-state index contributed by atoms with van der Waals surface area (Å²) in [7, 11) is 0. The summed E-state index contributed by atoms with van der Waals surface area (Å²) in [6.07, 6.45) is 0.279. The number of aryl methyl sites for hydroxylation is 1. The molecule has 1 unspecified atom stereocenters. The Morgan fingerprint density at radius 1 is 1.10 bits per heavy atom. The van der Waals surface area contributed by atoms with E-state index in [4.69, 9.17) is 0 Å². The van der Waals surface area contributed by atoms with E-state index < -0.39 is 0 Å². The first-order valence-corrected chi connectivity index (χ1v) is 11.6. The van der Waals surface area contributed by atoms with Crippen molar-refractivity contribution in [2.45, 2.75) is 13.3 Å². The van der Waals surface area contributed by atoms with Crippen molar-refractivity contribution in [2.75, 3.05) is 50.7 Å². The van der Waals surface area contributed by atoms with Crippen molar-refractivity contribution in [3.8, 4) is 0 Å². The maximum Gasteiger partial charge on any atom is 0.261 e. The lowest BCUT2D eigenvalue weighted by Crippen LogP contribution is -2.51. The van der Waals surface area contributed by atoms with Crippen molar-refractivity contribution in [1.82, 2.24) is 15.1 Å². The van der Waals surface area contributed by atoms with Crippen LogP contribution in [-0.2, 0) is 9.59 Å². The minimum absolute atomic E-state index is 0.0160. The van der Waals surface area contributed by atoms with Gasteiger partial charge in [-0.15, -0.1) is 11.3 Å². The summed E-state index contributed by atoms with van der Waals surface area (Å²) in [5.41, 5.74) is 2.01. The number of benzene rings is 1. The minimum Gasteiger partial charge on any atom is -0.350 e. The highest BCUT2D eigenvalue weighted by Crippen LogP contribution is 2.27. The summed E-state index contributed by atoms with van der Waals surface area (Å²) in [6, 6.07) is 11.5. The number of thiophene rings is 1. The van der Waals surface area contributed by atoms with E-state index in [1.54, 1.807) is 4.90 Å². The van der Waals surface area contributed by atoms with Gasteiger partial charge in [-0.25, -0.2) is 0 Å². The molecular formula is C23H28N4O3S. The van der Waals surface area contributed by atoms with Gasteiger partial charge < -0.3 is 15.1 Å². The van der Waals surface area contributed by atoms with Crippen molar-refractivity contribution in [3.05, 3.63) is 52.2 Å². The van der Waals surface area contributed by atoms with Crippen molar-refractivity contribution in [2.24, 2.45) is 5.92 Å². The van der Waals surface area contributed by atoms with E-state index in [-0.39, 0.29) is 30.1 Å². The Bertz CT molecular complexity index is 921. The number of amides is 3. The molecule has 2 aliphatic rings. The normalized spacial score (nSPS) is 19.6. The predicted molar refractivity (Wildman–Crippen MR) is 121 cm³/mol. The van der Waals surface area contributed by atoms with E-state index in [2.05, 4.69) is 10.2 Å². The molecule has 2 aliphatic heterocycles. The lowest BCUT2D eigenvalue weighted by atomic mass is 10.1. The van der Waals surface area contributed by atoms with Gasteiger partial charge in [-0.1, -0.05) is 23.8 Å². The highest BCUT2D eigenvalue weighted by atomic mass is 32.1. The summed E-state index contributed by atoms with van der Waals surface area (Å²) in [4.78, 5) is 44.1. The molecule has 4 rings (SSSR count). The first-order valence-electron chi connectivity index (χ1n) is 10.7. The van der Waals surface area contributed by atoms with Crippen LogP contribution in [0.25, 0.3) is 0 Å². The van der Waals surface area contributed by atoms with Gasteiger partial charge >= 0.3 is 0 Å². The summed E-state index contributed by atoms with van der Waals surface area (Å²) in [5, 5.41) is 4.84. The Balaban J connectivity index is 1.21. The molecule has 1 aromatic carbocycles. The van der Waals surface area contributed by atoms with Gasteiger partial charge in [0.15, 0.2) is 0 Å². The maximum absolute atomic E-state index is 13.0. The zero-order valence-electron chi connectivity index (χ0n) is 17.8. The van der Waals surface area contributed by atoms with Crippen LogP contribution in [0.15, 0.2) is 41.8 Å². The zero-order valence-corrected chi connectivity index (χ0v) is 18.6. The average molecular weight is 441 g/mol. The molecule has 1 N–H and O–H groups in total. The van der Waals surface area contributed by atoms with E-state index in [1.165, 1.54) is 11.3 Å². The molecule has 2 saturated heterocycles. The molecule has 3 heterocycles. The Kier molecular flexibility index (Phi) is 6.67. The average Bonchev–Trinajstić information content (AvgIpc) is 3.45. The summed E-state index contributed by atoms with van der Waals surface area (Å²) >= 11 is 1.43. The quantitative estimate of drug-likeness (QED) is 0.746. The molecule has 31 heavy (non-hydrogen) atoms. The van der Waals surface area contributed by atoms with E-state index in [9.17, 15) is 14.4 Å². The van der Waals surface area contributed by atoms with Crippen molar-refractivity contribution < 1.29 is 14.4 Å². The molecule has 2 fully saturated rings. The molecule has 3 amide bonds. The zero-order chi connectivity index (χ0) is 21.8. The summed E-state index contributed by atoms with van der Waals surface area (Å²) < 4.78 is 0. The minimum atomic E-state index is -0.273. The number of nitrogens with one attached hydrogen (secondary N) is 1. The van der Waals surface area contributed by atoms with Crippen LogP contribution in [-0.4, -0.2) is 73.3 Å². The number of hydrogen-bond acceptors (Lipinski definition) is 5. The Labute approximate surface area is 186 Å². The molecule has 1 atom stereocenters. The van der Waals surface area contributed by atoms with Crippen LogP contribution in [0.2, 0.25) is 0 Å². The second-order valence-corrected chi connectivity index (χ2v) is 9.09. The smallest absolute Gasteiger partial charge is 0.261 e. The monoisotopic (exact) mass is 440 g/mol. The molecule has 0 aliphatic carbocycles. The first kappa shape index (κ1) is 21.5. The third kappa shape index (κ3) is 5.14. The van der Waals surface area contributed by atoms with Crippen LogP contribution < -0.4 is 10.2 Å². The maximum atomic E-state index is 13.0. The van der Waals surface area contributed by atoms with E-state index >= 15 is 0 Å². The number of rotatable bonds is 6. The second kappa shape index (κ2) is 9.62. The number of hydrogen-bond donors (Lipinski definition) is 1. The van der Waals surface area contributed by atoms with Gasteiger partial charge in [-0.05, 0) is 30.5 Å². The first-order chi connectivity index (χ1) is 15.0. The fourth-order valence-corrected chi connectivity index (χ4v) is 4.76. The number of anilines is 1. The number of carbonyl (C=O) groups is 3. The molecule has 8 heteroatoms. The van der Waals surface area contributed by atoms with Gasteiger partial charge in [0.25, 0.3) is 5.91 Å². The van der Waals surface area contributed by atoms with Crippen LogP contribution >= 0.6 is 11.3 Å². The van der Waals surface area contributed by atoms with Crippen LogP contribution in [0.1, 0.15) is 21.7 Å². The van der Waals surface area contributed by atoms with E-state index in [0.29, 0.717) is 26.2 Å². The molecule has 7 nitrogen and oxygen atoms in total. The standard InChI is InChI=1S/C23H28N4O3S/c1-17-4-6-19(7-5-17)27-16-18(15-21(27)28)23(30)26-12-10-25(11-13-26)9-8-24-22(29)20-3-2-14-31-20/h2-7,14,18H,8-13,15-16H2,1H3,(H,24,29). The fraction of sp³-hybridized carbons (Fsp3) is 0.435. The molecular weight excluding hydrogens is 412 g/mol. The van der Waals surface area contributed by atoms with Gasteiger partial charge in [-0.3, -0.25) is 19.3 Å². The third-order valence-corrected chi connectivity index (χ3v) is 6.83. The highest BCUT2D eigenvalue weighted by Gasteiger charge is 2.37. The summed E-state index contributed by atoms with van der Waals surface area (Å²) in [6.45, 7) is 6.70. The van der Waals surface area contributed by atoms with Crippen LogP contribution in [0.4, 0.5) is 5.69 Å². The molecule has 164 valence electrons. The Morgan fingerprint density at radius 2 is 1.84 bits per heavy atom. The van der Waals surface area contributed by atoms with E-state index in [0.717, 1.165) is 35.8 Å². The van der Waals surface area contributed by atoms with Gasteiger partial charge in [0.2, 0.25) is 11.8 Å². The van der Waals surface area contributed by atoms with Gasteiger partial charge in [0, 0.05) is 57.9 Å². The summed E-state index contributed by atoms with van der Waals surface area (Å²) in [5.74, 6) is -0.214. The number of piperazine rings is 1. The van der Waals surface area contributed by atoms with Gasteiger partial charge in [-0.2, -0.15) is 0 Å². The lowest BCUT2D eigenvalue weighted by molar-refractivity contribution is -0.137. The van der Waals surface area contributed by atoms with E-state index in [1.807, 2.05) is 53.6 Å². The largest absolute Gasteiger partial charge is 0.350 e. The van der Waals surface area contributed by atoms with Gasteiger partial charge in [0.1, 0.15) is 0 Å². The fourth-order valence-electron chi connectivity index (χ4n) is 4.12. The van der Waals surface area contributed by atoms with Crippen LogP contribution in [0.3, 0.4) is 0 Å². The van der Waals surface area contributed by atoms with Crippen LogP contribution in [0, 0.1) is 12.8 Å². The SMILES string of the molecule is Cc1ccc(N2CC(C(=O)N3CCN(CCNC(=O)c4cccs4)CC3)CC2=O)cc1. The van der Waals surface area contributed by atoms with Crippen molar-refractivity contribution in [1.29, 1.82) is 0 Å². The Morgan fingerprint density at radius 3 is 2.52 bits per heavy atom. The molecule has 0 saturated carbocycles.